The average molecular weight is 268 g/mol. The summed E-state index contributed by atoms with van der Waals surface area (Å²) in [5.41, 5.74) is 2.26. The van der Waals surface area contributed by atoms with E-state index in [1.54, 1.807) is 6.92 Å². The minimum atomic E-state index is -0.350. The van der Waals surface area contributed by atoms with Gasteiger partial charge in [-0.3, -0.25) is 4.68 Å². The lowest BCUT2D eigenvalue weighted by Crippen LogP contribution is -2.30. The van der Waals surface area contributed by atoms with Crippen LogP contribution in [0.3, 0.4) is 0 Å². The smallest absolute Gasteiger partial charge is 0.131 e. The lowest BCUT2D eigenvalue weighted by molar-refractivity contribution is 0.201. The van der Waals surface area contributed by atoms with E-state index in [4.69, 9.17) is 0 Å². The molecule has 0 aliphatic rings. The molecule has 0 amide bonds. The summed E-state index contributed by atoms with van der Waals surface area (Å²) < 4.78 is 1.89. The second-order valence-corrected chi connectivity index (χ2v) is 5.77. The van der Waals surface area contributed by atoms with Gasteiger partial charge in [0.1, 0.15) is 5.82 Å². The fraction of sp³-hybridized carbons (Fsp3) is 0.786. The highest BCUT2D eigenvalue weighted by atomic mass is 16.3. The van der Waals surface area contributed by atoms with E-state index in [0.717, 1.165) is 24.6 Å². The van der Waals surface area contributed by atoms with Crippen molar-refractivity contribution >= 4 is 5.82 Å². The third kappa shape index (κ3) is 4.51. The standard InChI is InChI=1S/C14H28N4O/c1-10(2)7-15-8-13-12(4)16-18(6)14(13)17(5)9-11(3)19/h10-11,15,19H,7-9H2,1-6H3. The molecule has 1 heterocycles. The summed E-state index contributed by atoms with van der Waals surface area (Å²) in [5.74, 6) is 1.71. The molecule has 0 aliphatic carbocycles. The van der Waals surface area contributed by atoms with Crippen LogP contribution in [0.5, 0.6) is 0 Å². The number of anilines is 1. The Hall–Kier alpha value is -1.07. The third-order valence-electron chi connectivity index (χ3n) is 3.07. The van der Waals surface area contributed by atoms with Crippen LogP contribution in [0.4, 0.5) is 5.82 Å². The van der Waals surface area contributed by atoms with E-state index in [-0.39, 0.29) is 6.10 Å². The third-order valence-corrected chi connectivity index (χ3v) is 3.07. The highest BCUT2D eigenvalue weighted by Gasteiger charge is 2.17. The highest BCUT2D eigenvalue weighted by molar-refractivity contribution is 5.49. The Morgan fingerprint density at radius 1 is 1.37 bits per heavy atom. The van der Waals surface area contributed by atoms with Crippen molar-refractivity contribution in [3.05, 3.63) is 11.3 Å². The Labute approximate surface area is 116 Å². The van der Waals surface area contributed by atoms with Crippen molar-refractivity contribution in [2.24, 2.45) is 13.0 Å². The number of rotatable bonds is 7. The molecule has 0 bridgehead atoms. The van der Waals surface area contributed by atoms with E-state index in [0.29, 0.717) is 12.5 Å². The number of aromatic nitrogens is 2. The number of nitrogens with zero attached hydrogens (tertiary/aromatic N) is 3. The predicted octanol–water partition coefficient (Wildman–Crippen LogP) is 1.29. The van der Waals surface area contributed by atoms with Crippen LogP contribution in [0.2, 0.25) is 0 Å². The van der Waals surface area contributed by atoms with Gasteiger partial charge in [-0.2, -0.15) is 5.10 Å². The van der Waals surface area contributed by atoms with Crippen molar-refractivity contribution in [3.63, 3.8) is 0 Å². The molecule has 0 aromatic carbocycles. The number of likely N-dealkylation sites (N-methyl/N-ethyl adjacent to an activating group) is 1. The van der Waals surface area contributed by atoms with E-state index in [9.17, 15) is 5.11 Å². The van der Waals surface area contributed by atoms with Crippen molar-refractivity contribution in [3.8, 4) is 0 Å². The predicted molar refractivity (Wildman–Crippen MR) is 79.4 cm³/mol. The minimum absolute atomic E-state index is 0.350. The van der Waals surface area contributed by atoms with E-state index in [2.05, 4.69) is 29.2 Å². The molecular formula is C14H28N4O. The topological polar surface area (TPSA) is 53.3 Å². The summed E-state index contributed by atoms with van der Waals surface area (Å²) >= 11 is 0. The van der Waals surface area contributed by atoms with Crippen LogP contribution >= 0.6 is 0 Å². The van der Waals surface area contributed by atoms with Gasteiger partial charge in [0.25, 0.3) is 0 Å². The highest BCUT2D eigenvalue weighted by Crippen LogP contribution is 2.22. The first kappa shape index (κ1) is 16.0. The molecule has 1 aromatic heterocycles. The Morgan fingerprint density at radius 3 is 2.53 bits per heavy atom. The first-order valence-corrected chi connectivity index (χ1v) is 6.95. The van der Waals surface area contributed by atoms with Crippen LogP contribution < -0.4 is 10.2 Å². The molecule has 1 atom stereocenters. The zero-order valence-corrected chi connectivity index (χ0v) is 13.1. The first-order chi connectivity index (χ1) is 8.82. The maximum absolute atomic E-state index is 9.53. The van der Waals surface area contributed by atoms with E-state index in [1.807, 2.05) is 25.7 Å². The summed E-state index contributed by atoms with van der Waals surface area (Å²) in [6.07, 6.45) is -0.350. The van der Waals surface area contributed by atoms with Crippen molar-refractivity contribution in [2.45, 2.75) is 40.3 Å². The van der Waals surface area contributed by atoms with Gasteiger partial charge in [0, 0.05) is 32.7 Å². The van der Waals surface area contributed by atoms with E-state index in [1.165, 1.54) is 5.56 Å². The Bertz CT molecular complexity index is 398. The van der Waals surface area contributed by atoms with Gasteiger partial charge in [-0.05, 0) is 26.3 Å². The molecule has 0 radical (unpaired) electrons. The summed E-state index contributed by atoms with van der Waals surface area (Å²) in [4.78, 5) is 2.07. The molecule has 0 saturated carbocycles. The summed E-state index contributed by atoms with van der Waals surface area (Å²) in [6, 6.07) is 0. The van der Waals surface area contributed by atoms with Crippen molar-refractivity contribution in [2.75, 3.05) is 25.0 Å². The van der Waals surface area contributed by atoms with Crippen molar-refractivity contribution < 1.29 is 5.11 Å². The lowest BCUT2D eigenvalue weighted by Gasteiger charge is -2.22. The zero-order chi connectivity index (χ0) is 14.6. The molecule has 1 unspecified atom stereocenters. The van der Waals surface area contributed by atoms with Gasteiger partial charge in [0.15, 0.2) is 0 Å². The second kappa shape index (κ2) is 6.91. The number of aliphatic hydroxyl groups is 1. The maximum atomic E-state index is 9.53. The minimum Gasteiger partial charge on any atom is -0.392 e. The molecular weight excluding hydrogens is 240 g/mol. The molecule has 110 valence electrons. The van der Waals surface area contributed by atoms with E-state index < -0.39 is 0 Å². The summed E-state index contributed by atoms with van der Waals surface area (Å²) in [7, 11) is 3.95. The van der Waals surface area contributed by atoms with Gasteiger partial charge in [-0.15, -0.1) is 0 Å². The van der Waals surface area contributed by atoms with Crippen molar-refractivity contribution in [1.29, 1.82) is 0 Å². The second-order valence-electron chi connectivity index (χ2n) is 5.77. The molecule has 0 aliphatic heterocycles. The Balaban J connectivity index is 2.84. The summed E-state index contributed by atoms with van der Waals surface area (Å²) in [5, 5.41) is 17.5. The van der Waals surface area contributed by atoms with Crippen LogP contribution in [0.15, 0.2) is 0 Å². The fourth-order valence-corrected chi connectivity index (χ4v) is 2.34. The number of hydrogen-bond acceptors (Lipinski definition) is 4. The normalized spacial score (nSPS) is 13.1. The molecule has 1 aromatic rings. The van der Waals surface area contributed by atoms with Gasteiger partial charge < -0.3 is 15.3 Å². The number of aryl methyl sites for hydroxylation is 2. The van der Waals surface area contributed by atoms with Crippen LogP contribution in [-0.4, -0.2) is 41.1 Å². The molecule has 0 fully saturated rings. The zero-order valence-electron chi connectivity index (χ0n) is 13.1. The molecule has 5 nitrogen and oxygen atoms in total. The Kier molecular flexibility index (Phi) is 5.82. The van der Waals surface area contributed by atoms with Crippen LogP contribution in [0, 0.1) is 12.8 Å². The van der Waals surface area contributed by atoms with Crippen LogP contribution in [-0.2, 0) is 13.6 Å². The maximum Gasteiger partial charge on any atom is 0.131 e. The van der Waals surface area contributed by atoms with Gasteiger partial charge in [-0.25, -0.2) is 0 Å². The van der Waals surface area contributed by atoms with E-state index >= 15 is 0 Å². The average Bonchev–Trinajstić information content (AvgIpc) is 2.52. The lowest BCUT2D eigenvalue weighted by atomic mass is 10.2. The number of nitrogens with one attached hydrogen (secondary N) is 1. The Morgan fingerprint density at radius 2 is 2.00 bits per heavy atom. The molecule has 5 heteroatoms. The fourth-order valence-electron chi connectivity index (χ4n) is 2.34. The molecule has 2 N–H and O–H groups in total. The van der Waals surface area contributed by atoms with Crippen LogP contribution in [0.25, 0.3) is 0 Å². The SMILES string of the molecule is Cc1nn(C)c(N(C)CC(C)O)c1CNCC(C)C. The number of aliphatic hydroxyl groups excluding tert-OH is 1. The monoisotopic (exact) mass is 268 g/mol. The van der Waals surface area contributed by atoms with Gasteiger partial charge in [-0.1, -0.05) is 13.8 Å². The number of hydrogen-bond donors (Lipinski definition) is 2. The first-order valence-electron chi connectivity index (χ1n) is 6.95. The molecule has 19 heavy (non-hydrogen) atoms. The van der Waals surface area contributed by atoms with Crippen molar-refractivity contribution in [1.82, 2.24) is 15.1 Å². The largest absolute Gasteiger partial charge is 0.392 e. The van der Waals surface area contributed by atoms with Gasteiger partial charge >= 0.3 is 0 Å². The van der Waals surface area contributed by atoms with Gasteiger partial charge in [0.2, 0.25) is 0 Å². The summed E-state index contributed by atoms with van der Waals surface area (Å²) in [6.45, 7) is 10.6. The van der Waals surface area contributed by atoms with Gasteiger partial charge in [0.05, 0.1) is 11.8 Å². The van der Waals surface area contributed by atoms with Crippen LogP contribution in [0.1, 0.15) is 32.0 Å². The molecule has 0 spiro atoms. The molecule has 0 saturated heterocycles. The quantitative estimate of drug-likeness (QED) is 0.782. The molecule has 1 rings (SSSR count).